The molecular formula is C13H15Cl2N5. The Morgan fingerprint density at radius 2 is 2.10 bits per heavy atom. The van der Waals surface area contributed by atoms with Gasteiger partial charge in [0.25, 0.3) is 0 Å². The zero-order chi connectivity index (χ0) is 14.4. The maximum atomic E-state index is 6.11. The second kappa shape index (κ2) is 7.26. The van der Waals surface area contributed by atoms with Crippen molar-refractivity contribution in [2.75, 3.05) is 17.2 Å². The molecule has 0 radical (unpaired) electrons. The number of nitrogens with zero attached hydrogens (tertiary/aromatic N) is 3. The predicted molar refractivity (Wildman–Crippen MR) is 83.0 cm³/mol. The Bertz CT molecular complexity index is 576. The fraction of sp³-hybridized carbons (Fsp3) is 0.308. The minimum Gasteiger partial charge on any atom is -0.353 e. The molecule has 0 fully saturated rings. The Labute approximate surface area is 127 Å². The van der Waals surface area contributed by atoms with Crippen LogP contribution in [0.2, 0.25) is 10.0 Å². The fourth-order valence-corrected chi connectivity index (χ4v) is 1.90. The van der Waals surface area contributed by atoms with E-state index in [-0.39, 0.29) is 0 Å². The van der Waals surface area contributed by atoms with Crippen molar-refractivity contribution in [2.24, 2.45) is 0 Å². The van der Waals surface area contributed by atoms with Gasteiger partial charge in [-0.3, -0.25) is 0 Å². The van der Waals surface area contributed by atoms with E-state index in [0.717, 1.165) is 19.4 Å². The van der Waals surface area contributed by atoms with Crippen LogP contribution in [0.3, 0.4) is 0 Å². The molecule has 2 N–H and O–H groups in total. The highest BCUT2D eigenvalue weighted by Crippen LogP contribution is 2.31. The lowest BCUT2D eigenvalue weighted by Crippen LogP contribution is -2.07. The molecule has 1 heterocycles. The van der Waals surface area contributed by atoms with E-state index in [0.29, 0.717) is 27.5 Å². The first-order chi connectivity index (χ1) is 9.70. The largest absolute Gasteiger partial charge is 0.353 e. The lowest BCUT2D eigenvalue weighted by molar-refractivity contribution is 0.819. The number of rotatable bonds is 6. The minimum absolute atomic E-state index is 0.452. The number of benzene rings is 1. The summed E-state index contributed by atoms with van der Waals surface area (Å²) in [4.78, 5) is 4.31. The monoisotopic (exact) mass is 311 g/mol. The van der Waals surface area contributed by atoms with E-state index in [4.69, 9.17) is 23.2 Å². The van der Waals surface area contributed by atoms with E-state index in [2.05, 4.69) is 32.7 Å². The SMILES string of the molecule is CCCCNc1nncc(Nc2cccc(Cl)c2Cl)n1. The zero-order valence-corrected chi connectivity index (χ0v) is 12.5. The van der Waals surface area contributed by atoms with Crippen LogP contribution in [0.1, 0.15) is 19.8 Å². The maximum Gasteiger partial charge on any atom is 0.244 e. The van der Waals surface area contributed by atoms with E-state index < -0.39 is 0 Å². The molecule has 0 aliphatic carbocycles. The number of hydrogen-bond acceptors (Lipinski definition) is 5. The Hall–Kier alpha value is -1.59. The molecule has 0 unspecified atom stereocenters. The lowest BCUT2D eigenvalue weighted by Gasteiger charge is -2.09. The molecule has 7 heteroatoms. The standard InChI is InChI=1S/C13H15Cl2N5/c1-2-3-7-16-13-19-11(8-17-20-13)18-10-6-4-5-9(14)12(10)15/h4-6,8H,2-3,7H2,1H3,(H2,16,18,19,20). The molecule has 1 aromatic heterocycles. The van der Waals surface area contributed by atoms with Gasteiger partial charge in [-0.2, -0.15) is 10.1 Å². The highest BCUT2D eigenvalue weighted by molar-refractivity contribution is 6.43. The third kappa shape index (κ3) is 3.95. The maximum absolute atomic E-state index is 6.11. The van der Waals surface area contributed by atoms with Gasteiger partial charge in [0.05, 0.1) is 21.9 Å². The van der Waals surface area contributed by atoms with Gasteiger partial charge < -0.3 is 10.6 Å². The normalized spacial score (nSPS) is 10.3. The van der Waals surface area contributed by atoms with Gasteiger partial charge in [0.2, 0.25) is 5.95 Å². The number of anilines is 3. The predicted octanol–water partition coefficient (Wildman–Crippen LogP) is 4.13. The molecule has 0 aliphatic heterocycles. The van der Waals surface area contributed by atoms with Crippen molar-refractivity contribution >= 4 is 40.7 Å². The van der Waals surface area contributed by atoms with Crippen molar-refractivity contribution < 1.29 is 0 Å². The first-order valence-corrected chi connectivity index (χ1v) is 7.11. The van der Waals surface area contributed by atoms with Crippen LogP contribution in [0, 0.1) is 0 Å². The van der Waals surface area contributed by atoms with E-state index >= 15 is 0 Å². The van der Waals surface area contributed by atoms with Crippen molar-refractivity contribution in [3.63, 3.8) is 0 Å². The Kier molecular flexibility index (Phi) is 5.38. The van der Waals surface area contributed by atoms with E-state index in [1.54, 1.807) is 6.07 Å². The van der Waals surface area contributed by atoms with Crippen LogP contribution in [-0.4, -0.2) is 21.7 Å². The van der Waals surface area contributed by atoms with Crippen molar-refractivity contribution in [3.05, 3.63) is 34.4 Å². The summed E-state index contributed by atoms with van der Waals surface area (Å²) in [6, 6.07) is 5.36. The highest BCUT2D eigenvalue weighted by atomic mass is 35.5. The topological polar surface area (TPSA) is 62.7 Å². The minimum atomic E-state index is 0.452. The smallest absolute Gasteiger partial charge is 0.244 e. The second-order valence-corrected chi connectivity index (χ2v) is 4.96. The second-order valence-electron chi connectivity index (χ2n) is 4.17. The van der Waals surface area contributed by atoms with Crippen LogP contribution >= 0.6 is 23.2 Å². The average Bonchev–Trinajstić information content (AvgIpc) is 2.45. The molecule has 0 saturated carbocycles. The Morgan fingerprint density at radius 1 is 1.25 bits per heavy atom. The summed E-state index contributed by atoms with van der Waals surface area (Å²) in [5.41, 5.74) is 0.680. The van der Waals surface area contributed by atoms with Crippen molar-refractivity contribution in [3.8, 4) is 0 Å². The summed E-state index contributed by atoms with van der Waals surface area (Å²) >= 11 is 12.1. The molecule has 2 rings (SSSR count). The van der Waals surface area contributed by atoms with Gasteiger partial charge in [-0.1, -0.05) is 42.6 Å². The van der Waals surface area contributed by atoms with Crippen molar-refractivity contribution in [1.29, 1.82) is 0 Å². The van der Waals surface area contributed by atoms with Crippen LogP contribution in [0.25, 0.3) is 0 Å². The van der Waals surface area contributed by atoms with Gasteiger partial charge in [-0.25, -0.2) is 0 Å². The fourth-order valence-electron chi connectivity index (χ4n) is 1.55. The number of hydrogen-bond donors (Lipinski definition) is 2. The number of nitrogens with one attached hydrogen (secondary N) is 2. The van der Waals surface area contributed by atoms with Crippen LogP contribution in [0.15, 0.2) is 24.4 Å². The van der Waals surface area contributed by atoms with Gasteiger partial charge in [0.1, 0.15) is 0 Å². The summed E-state index contributed by atoms with van der Waals surface area (Å²) in [6.07, 6.45) is 3.69. The molecule has 0 bridgehead atoms. The molecule has 0 spiro atoms. The highest BCUT2D eigenvalue weighted by Gasteiger charge is 2.06. The van der Waals surface area contributed by atoms with Gasteiger partial charge in [-0.15, -0.1) is 5.10 Å². The zero-order valence-electron chi connectivity index (χ0n) is 11.0. The molecule has 1 aromatic carbocycles. The number of aromatic nitrogens is 3. The van der Waals surface area contributed by atoms with Gasteiger partial charge >= 0.3 is 0 Å². The Morgan fingerprint density at radius 3 is 2.90 bits per heavy atom. The average molecular weight is 312 g/mol. The molecule has 20 heavy (non-hydrogen) atoms. The van der Waals surface area contributed by atoms with Gasteiger partial charge in [0.15, 0.2) is 5.82 Å². The summed E-state index contributed by atoms with van der Waals surface area (Å²) in [6.45, 7) is 2.94. The van der Waals surface area contributed by atoms with Crippen molar-refractivity contribution in [2.45, 2.75) is 19.8 Å². The Balaban J connectivity index is 2.09. The molecular weight excluding hydrogens is 297 g/mol. The first kappa shape index (κ1) is 14.8. The molecule has 0 atom stereocenters. The summed E-state index contributed by atoms with van der Waals surface area (Å²) in [5.74, 6) is 1.05. The van der Waals surface area contributed by atoms with E-state index in [1.165, 1.54) is 6.20 Å². The molecule has 0 aliphatic rings. The molecule has 0 saturated heterocycles. The number of unbranched alkanes of at least 4 members (excludes halogenated alkanes) is 1. The van der Waals surface area contributed by atoms with E-state index in [1.807, 2.05) is 12.1 Å². The van der Waals surface area contributed by atoms with Gasteiger partial charge in [0, 0.05) is 6.54 Å². The van der Waals surface area contributed by atoms with E-state index in [9.17, 15) is 0 Å². The van der Waals surface area contributed by atoms with Crippen LogP contribution in [0.5, 0.6) is 0 Å². The quantitative estimate of drug-likeness (QED) is 0.785. The third-order valence-electron chi connectivity index (χ3n) is 2.59. The van der Waals surface area contributed by atoms with Crippen LogP contribution in [-0.2, 0) is 0 Å². The summed E-state index contributed by atoms with van der Waals surface area (Å²) in [7, 11) is 0. The molecule has 5 nitrogen and oxygen atoms in total. The van der Waals surface area contributed by atoms with Gasteiger partial charge in [-0.05, 0) is 18.6 Å². The summed E-state index contributed by atoms with van der Waals surface area (Å²) < 4.78 is 0. The first-order valence-electron chi connectivity index (χ1n) is 6.35. The van der Waals surface area contributed by atoms with Crippen LogP contribution in [0.4, 0.5) is 17.5 Å². The third-order valence-corrected chi connectivity index (χ3v) is 3.41. The molecule has 2 aromatic rings. The van der Waals surface area contributed by atoms with Crippen molar-refractivity contribution in [1.82, 2.24) is 15.2 Å². The summed E-state index contributed by atoms with van der Waals surface area (Å²) in [5, 5.41) is 14.9. The van der Waals surface area contributed by atoms with Crippen LogP contribution < -0.4 is 10.6 Å². The lowest BCUT2D eigenvalue weighted by atomic mass is 10.3. The number of halogens is 2. The molecule has 106 valence electrons. The molecule has 0 amide bonds.